The van der Waals surface area contributed by atoms with Crippen LogP contribution in [-0.2, 0) is 28.4 Å². The molecule has 1 aliphatic carbocycles. The van der Waals surface area contributed by atoms with Crippen LogP contribution in [-0.4, -0.2) is 21.1 Å². The molecule has 0 aliphatic heterocycles. The number of amides is 1. The van der Waals surface area contributed by atoms with Crippen molar-refractivity contribution in [2.45, 2.75) is 24.5 Å². The maximum atomic E-state index is 13.1. The summed E-state index contributed by atoms with van der Waals surface area (Å²) in [7, 11) is -1.04. The second-order valence-corrected chi connectivity index (χ2v) is 7.53. The van der Waals surface area contributed by atoms with Crippen LogP contribution in [0.3, 0.4) is 0 Å². The summed E-state index contributed by atoms with van der Waals surface area (Å²) in [6.07, 6.45) is 1.80. The van der Waals surface area contributed by atoms with Crippen LogP contribution in [0.5, 0.6) is 0 Å². The fourth-order valence-electron chi connectivity index (χ4n) is 2.85. The minimum atomic E-state index is -1.04. The Balaban J connectivity index is 1.49. The summed E-state index contributed by atoms with van der Waals surface area (Å²) in [5, 5.41) is 2.72. The molecule has 0 fully saturated rings. The fraction of sp³-hybridized carbons (Fsp3) is 0.278. The van der Waals surface area contributed by atoms with Gasteiger partial charge in [-0.1, -0.05) is 30.3 Å². The topological polar surface area (TPSA) is 46.2 Å². The first kappa shape index (κ1) is 15.9. The molecule has 0 radical (unpaired) electrons. The molecule has 3 rings (SSSR count). The molecule has 1 aliphatic rings. The van der Waals surface area contributed by atoms with E-state index in [9.17, 15) is 13.4 Å². The first-order chi connectivity index (χ1) is 11.1. The van der Waals surface area contributed by atoms with Gasteiger partial charge in [-0.15, -0.1) is 0 Å². The summed E-state index contributed by atoms with van der Waals surface area (Å²) in [4.78, 5) is 11.9. The van der Waals surface area contributed by atoms with E-state index in [-0.39, 0.29) is 17.6 Å². The fourth-order valence-corrected chi connectivity index (χ4v) is 4.30. The van der Waals surface area contributed by atoms with E-state index in [4.69, 9.17) is 0 Å². The minimum absolute atomic E-state index is 0.0920. The second-order valence-electron chi connectivity index (χ2n) is 5.69. The molecule has 120 valence electrons. The van der Waals surface area contributed by atoms with Crippen LogP contribution in [0.25, 0.3) is 0 Å². The Morgan fingerprint density at radius 3 is 2.48 bits per heavy atom. The third-order valence-corrected chi connectivity index (χ3v) is 5.71. The first-order valence-electron chi connectivity index (χ1n) is 7.61. The lowest BCUT2D eigenvalue weighted by Gasteiger charge is -2.09. The number of anilines is 1. The number of hydrogen-bond acceptors (Lipinski definition) is 2. The van der Waals surface area contributed by atoms with Crippen molar-refractivity contribution in [3.8, 4) is 0 Å². The summed E-state index contributed by atoms with van der Waals surface area (Å²) in [6, 6.07) is 13.9. The Morgan fingerprint density at radius 2 is 1.83 bits per heavy atom. The molecule has 1 N–H and O–H groups in total. The van der Waals surface area contributed by atoms with Crippen LogP contribution < -0.4 is 5.32 Å². The van der Waals surface area contributed by atoms with Crippen molar-refractivity contribution in [2.75, 3.05) is 11.1 Å². The molecule has 2 aromatic carbocycles. The van der Waals surface area contributed by atoms with E-state index in [0.717, 1.165) is 12.8 Å². The summed E-state index contributed by atoms with van der Waals surface area (Å²) >= 11 is 0. The van der Waals surface area contributed by atoms with Crippen LogP contribution in [0.2, 0.25) is 0 Å². The predicted octanol–water partition coefficient (Wildman–Crippen LogP) is 3.07. The monoisotopic (exact) mass is 331 g/mol. The van der Waals surface area contributed by atoms with Gasteiger partial charge < -0.3 is 5.32 Å². The standard InChI is InChI=1S/C18H18FNO2S/c19-15-6-3-7-16(12-15)20-18(21)8-9-23(22)17-10-13-4-1-2-5-14(13)11-17/h1-7,12,17H,8-11H2,(H,20,21)/t23-/m0/s1. The molecular formula is C18H18FNO2S. The van der Waals surface area contributed by atoms with Crippen LogP contribution >= 0.6 is 0 Å². The summed E-state index contributed by atoms with van der Waals surface area (Å²) in [5.74, 6) is -0.297. The Morgan fingerprint density at radius 1 is 1.13 bits per heavy atom. The van der Waals surface area contributed by atoms with Crippen LogP contribution in [0.15, 0.2) is 48.5 Å². The van der Waals surface area contributed by atoms with Gasteiger partial charge in [0.2, 0.25) is 5.91 Å². The Kier molecular flexibility index (Phi) is 4.86. The van der Waals surface area contributed by atoms with Gasteiger partial charge in [-0.05, 0) is 42.2 Å². The van der Waals surface area contributed by atoms with Crippen molar-refractivity contribution >= 4 is 22.4 Å². The number of carbonyl (C=O) groups is 1. The van der Waals surface area contributed by atoms with Crippen molar-refractivity contribution in [1.82, 2.24) is 0 Å². The van der Waals surface area contributed by atoms with Crippen LogP contribution in [0.1, 0.15) is 17.5 Å². The highest BCUT2D eigenvalue weighted by Gasteiger charge is 2.26. The highest BCUT2D eigenvalue weighted by molar-refractivity contribution is 7.85. The molecule has 23 heavy (non-hydrogen) atoms. The third kappa shape index (κ3) is 4.05. The first-order valence-corrected chi connectivity index (χ1v) is 8.99. The molecule has 5 heteroatoms. The van der Waals surface area contributed by atoms with E-state index in [2.05, 4.69) is 17.4 Å². The van der Waals surface area contributed by atoms with E-state index >= 15 is 0 Å². The third-order valence-electron chi connectivity index (χ3n) is 4.02. The Bertz CT molecular complexity index is 722. The number of carbonyl (C=O) groups excluding carboxylic acids is 1. The van der Waals surface area contributed by atoms with Crippen molar-refractivity contribution in [1.29, 1.82) is 0 Å². The van der Waals surface area contributed by atoms with Crippen molar-refractivity contribution in [2.24, 2.45) is 0 Å². The lowest BCUT2D eigenvalue weighted by molar-refractivity contribution is -0.115. The number of fused-ring (bicyclic) bond motifs is 1. The molecular weight excluding hydrogens is 313 g/mol. The smallest absolute Gasteiger partial charge is 0.225 e. The normalized spacial score (nSPS) is 15.2. The SMILES string of the molecule is O=C(CC[S@](=O)C1Cc2ccccc2C1)Nc1cccc(F)c1. The maximum Gasteiger partial charge on any atom is 0.225 e. The zero-order valence-electron chi connectivity index (χ0n) is 12.6. The average Bonchev–Trinajstić information content (AvgIpc) is 2.97. The number of halogens is 1. The van der Waals surface area contributed by atoms with Gasteiger partial charge in [0.05, 0.1) is 0 Å². The summed E-state index contributed by atoms with van der Waals surface area (Å²) in [6.45, 7) is 0. The minimum Gasteiger partial charge on any atom is -0.326 e. The Labute approximate surface area is 137 Å². The Hall–Kier alpha value is -2.01. The van der Waals surface area contributed by atoms with Gasteiger partial charge in [-0.25, -0.2) is 4.39 Å². The van der Waals surface area contributed by atoms with Crippen molar-refractivity contribution in [3.05, 3.63) is 65.5 Å². The van der Waals surface area contributed by atoms with Gasteiger partial charge in [0.15, 0.2) is 0 Å². The van der Waals surface area contributed by atoms with Crippen molar-refractivity contribution in [3.63, 3.8) is 0 Å². The largest absolute Gasteiger partial charge is 0.326 e. The molecule has 0 unspecified atom stereocenters. The predicted molar refractivity (Wildman–Crippen MR) is 90.3 cm³/mol. The second kappa shape index (κ2) is 7.04. The lowest BCUT2D eigenvalue weighted by Crippen LogP contribution is -2.22. The van der Waals surface area contributed by atoms with Crippen LogP contribution in [0.4, 0.5) is 10.1 Å². The highest BCUT2D eigenvalue weighted by Crippen LogP contribution is 2.25. The zero-order chi connectivity index (χ0) is 16.2. The van der Waals surface area contributed by atoms with Gasteiger partial charge >= 0.3 is 0 Å². The van der Waals surface area contributed by atoms with E-state index < -0.39 is 16.6 Å². The molecule has 0 bridgehead atoms. The number of nitrogens with one attached hydrogen (secondary N) is 1. The molecule has 3 nitrogen and oxygen atoms in total. The lowest BCUT2D eigenvalue weighted by atomic mass is 10.1. The van der Waals surface area contributed by atoms with Crippen molar-refractivity contribution < 1.29 is 13.4 Å². The molecule has 0 spiro atoms. The molecule has 2 aromatic rings. The van der Waals surface area contributed by atoms with Gasteiger partial charge in [0.25, 0.3) is 0 Å². The van der Waals surface area contributed by atoms with E-state index in [1.807, 2.05) is 12.1 Å². The number of hydrogen-bond donors (Lipinski definition) is 1. The summed E-state index contributed by atoms with van der Waals surface area (Å²) < 4.78 is 25.5. The van der Waals surface area contributed by atoms with E-state index in [1.165, 1.54) is 23.3 Å². The molecule has 0 heterocycles. The van der Waals surface area contributed by atoms with E-state index in [0.29, 0.717) is 11.4 Å². The average molecular weight is 331 g/mol. The zero-order valence-corrected chi connectivity index (χ0v) is 13.4. The summed E-state index contributed by atoms with van der Waals surface area (Å²) in [5.41, 5.74) is 2.94. The molecule has 1 amide bonds. The quantitative estimate of drug-likeness (QED) is 0.915. The van der Waals surface area contributed by atoms with Gasteiger partial charge in [-0.3, -0.25) is 9.00 Å². The van der Waals surface area contributed by atoms with E-state index in [1.54, 1.807) is 12.1 Å². The molecule has 0 saturated heterocycles. The molecule has 0 saturated carbocycles. The molecule has 0 aromatic heterocycles. The number of benzene rings is 2. The number of rotatable bonds is 5. The van der Waals surface area contributed by atoms with Gasteiger partial charge in [0.1, 0.15) is 5.82 Å². The molecule has 1 atom stereocenters. The maximum absolute atomic E-state index is 13.1. The van der Waals surface area contributed by atoms with Gasteiger partial charge in [-0.2, -0.15) is 0 Å². The van der Waals surface area contributed by atoms with Crippen LogP contribution in [0, 0.1) is 5.82 Å². The highest BCUT2D eigenvalue weighted by atomic mass is 32.2. The van der Waals surface area contributed by atoms with Gasteiger partial charge in [0, 0.05) is 33.9 Å².